The molecule has 0 radical (unpaired) electrons. The summed E-state index contributed by atoms with van der Waals surface area (Å²) in [5.41, 5.74) is -0.250. The van der Waals surface area contributed by atoms with Gasteiger partial charge in [-0.3, -0.25) is 0 Å². The maximum Gasteiger partial charge on any atom is 0.336 e. The Morgan fingerprint density at radius 2 is 1.83 bits per heavy atom. The summed E-state index contributed by atoms with van der Waals surface area (Å²) in [4.78, 5) is 25.0. The molecule has 6 nitrogen and oxygen atoms in total. The van der Waals surface area contributed by atoms with Crippen molar-refractivity contribution in [3.05, 3.63) is 93.6 Å². The van der Waals surface area contributed by atoms with Crippen LogP contribution >= 0.6 is 0 Å². The SMILES string of the molecule is [2H]C1([2H])N(c2ccc3c(c2)C(C)(C)C2=CC(=[N+]4C([2H])([2H])C([2H])([2H])C4([2H])[2H])C=CC2=C3c2cc(C(=O)[O-])ccc2C(=O)O)C([2H])([2H])C1([2H])[2H]. The van der Waals surface area contributed by atoms with E-state index >= 15 is 0 Å². The monoisotopic (exact) mass is 492 g/mol. The Morgan fingerprint density at radius 1 is 1.06 bits per heavy atom. The molecular weight excluding hydrogens is 452 g/mol. The second-order valence-corrected chi connectivity index (χ2v) is 9.18. The van der Waals surface area contributed by atoms with Gasteiger partial charge < -0.3 is 19.9 Å². The lowest BCUT2D eigenvalue weighted by atomic mass is 9.64. The second kappa shape index (κ2) is 8.05. The normalized spacial score (nSPS) is 33.1. The topological polar surface area (TPSA) is 83.7 Å². The van der Waals surface area contributed by atoms with E-state index in [1.807, 2.05) is 0 Å². The average Bonchev–Trinajstić information content (AvgIpc) is 2.96. The van der Waals surface area contributed by atoms with Crippen molar-refractivity contribution in [2.24, 2.45) is 0 Å². The van der Waals surface area contributed by atoms with Crippen molar-refractivity contribution in [1.82, 2.24) is 0 Å². The van der Waals surface area contributed by atoms with Crippen molar-refractivity contribution in [2.75, 3.05) is 30.9 Å². The number of rotatable bonds is 4. The quantitative estimate of drug-likeness (QED) is 0.662. The molecule has 1 N–H and O–H groups in total. The molecule has 2 aromatic carbocycles. The van der Waals surface area contributed by atoms with Crippen LogP contribution in [0.15, 0.2) is 65.8 Å². The lowest BCUT2D eigenvalue weighted by molar-refractivity contribution is -0.582. The minimum absolute atomic E-state index is 0.0420. The van der Waals surface area contributed by atoms with Crippen molar-refractivity contribution in [2.45, 2.75) is 32.0 Å². The predicted molar refractivity (Wildman–Crippen MR) is 137 cm³/mol. The molecule has 0 saturated carbocycles. The number of carboxylic acid groups (broad SMARTS) is 2. The van der Waals surface area contributed by atoms with E-state index < -0.39 is 56.1 Å². The van der Waals surface area contributed by atoms with Crippen LogP contribution in [0.5, 0.6) is 0 Å². The minimum atomic E-state index is -2.88. The zero-order valence-electron chi connectivity index (χ0n) is 31.3. The molecule has 0 amide bonds. The van der Waals surface area contributed by atoms with E-state index in [4.69, 9.17) is 16.4 Å². The highest BCUT2D eigenvalue weighted by atomic mass is 16.4. The Kier molecular flexibility index (Phi) is 2.88. The van der Waals surface area contributed by atoms with Crippen LogP contribution in [-0.4, -0.2) is 53.3 Å². The van der Waals surface area contributed by atoms with Crippen LogP contribution in [0, 0.1) is 0 Å². The van der Waals surface area contributed by atoms with Crippen LogP contribution < -0.4 is 10.0 Å². The van der Waals surface area contributed by atoms with Gasteiger partial charge in [0.1, 0.15) is 18.5 Å². The Balaban J connectivity index is 1.69. The Labute approximate surface area is 227 Å². The third-order valence-corrected chi connectivity index (χ3v) is 6.83. The van der Waals surface area contributed by atoms with Crippen LogP contribution in [0.3, 0.4) is 0 Å². The Morgan fingerprint density at radius 3 is 2.56 bits per heavy atom. The fourth-order valence-corrected chi connectivity index (χ4v) is 4.94. The van der Waals surface area contributed by atoms with Crippen molar-refractivity contribution in [3.63, 3.8) is 0 Å². The van der Waals surface area contributed by atoms with Crippen molar-refractivity contribution < 1.29 is 40.8 Å². The number of allylic oxidation sites excluding steroid dienone is 5. The highest BCUT2D eigenvalue weighted by Crippen LogP contribution is 2.51. The van der Waals surface area contributed by atoms with E-state index in [0.29, 0.717) is 31.7 Å². The number of anilines is 1. The largest absolute Gasteiger partial charge is 0.545 e. The van der Waals surface area contributed by atoms with E-state index in [0.717, 1.165) is 18.2 Å². The number of nitrogens with zero attached hydrogens (tertiary/aromatic N) is 2. The number of hydrogen-bond donors (Lipinski definition) is 1. The van der Waals surface area contributed by atoms with E-state index in [-0.39, 0.29) is 33.7 Å². The van der Waals surface area contributed by atoms with Gasteiger partial charge in [-0.15, -0.1) is 0 Å². The predicted octanol–water partition coefficient (Wildman–Crippen LogP) is 3.40. The number of fused-ring (bicyclic) bond motifs is 2. The fraction of sp³-hybridized carbons (Fsp3) is 0.300. The summed E-state index contributed by atoms with van der Waals surface area (Å²) in [5, 5.41) is 22.0. The van der Waals surface area contributed by atoms with E-state index in [1.54, 1.807) is 13.8 Å². The Bertz CT molecular complexity index is 1950. The molecule has 36 heavy (non-hydrogen) atoms. The molecule has 2 aliphatic heterocycles. The van der Waals surface area contributed by atoms with Gasteiger partial charge in [0.25, 0.3) is 0 Å². The van der Waals surface area contributed by atoms with Gasteiger partial charge in [-0.05, 0) is 75.7 Å². The van der Waals surface area contributed by atoms with Gasteiger partial charge in [0, 0.05) is 47.2 Å². The summed E-state index contributed by atoms with van der Waals surface area (Å²) in [7, 11) is 0. The van der Waals surface area contributed by atoms with Crippen LogP contribution in [0.1, 0.15) is 80.4 Å². The smallest absolute Gasteiger partial charge is 0.336 e. The van der Waals surface area contributed by atoms with Gasteiger partial charge in [-0.1, -0.05) is 26.0 Å². The lowest BCUT2D eigenvalue weighted by Gasteiger charge is -2.41. The summed E-state index contributed by atoms with van der Waals surface area (Å²) in [5.74, 6) is -2.97. The zero-order valence-corrected chi connectivity index (χ0v) is 19.3. The molecule has 2 fully saturated rings. The Hall–Kier alpha value is -3.93. The standard InChI is InChI=1S/C30H28N2O4/c1-30(2)25-16-19(31-11-3-12-31)6-9-22(25)27(23-10-7-20(17-26(23)30)32-13-4-14-32)24-15-18(28(33)34)5-8-21(24)29(35)36/h5-10,15-17H,3-4,11-14H2,1-2H3,(H-,33,34,35,36)/i3D2,4D2,11D2,12D2,13D2,14D2. The first-order valence-corrected chi connectivity index (χ1v) is 11.1. The molecule has 0 unspecified atom stereocenters. The number of carbonyl (C=O) groups is 2. The maximum absolute atomic E-state index is 12.5. The molecule has 0 bridgehead atoms. The summed E-state index contributed by atoms with van der Waals surface area (Å²) < 4.78 is 99.5. The molecule has 2 aromatic rings. The first kappa shape index (κ1) is 12.9. The third kappa shape index (κ3) is 3.35. The maximum atomic E-state index is 12.5. The first-order chi connectivity index (χ1) is 21.8. The van der Waals surface area contributed by atoms with Crippen LogP contribution in [0.2, 0.25) is 0 Å². The third-order valence-electron chi connectivity index (χ3n) is 6.83. The number of hydrogen-bond acceptors (Lipinski definition) is 4. The number of benzene rings is 2. The van der Waals surface area contributed by atoms with E-state index in [1.165, 1.54) is 36.4 Å². The summed E-state index contributed by atoms with van der Waals surface area (Å²) in [6.07, 6.45) is -1.50. The van der Waals surface area contributed by atoms with Gasteiger partial charge in [-0.2, -0.15) is 0 Å². The minimum Gasteiger partial charge on any atom is -0.545 e. The highest BCUT2D eigenvalue weighted by Gasteiger charge is 2.40. The van der Waals surface area contributed by atoms with E-state index in [2.05, 4.69) is 0 Å². The fourth-order valence-electron chi connectivity index (χ4n) is 4.94. The molecule has 0 spiro atoms. The summed E-state index contributed by atoms with van der Waals surface area (Å²) >= 11 is 0. The van der Waals surface area contributed by atoms with Gasteiger partial charge in [-0.25, -0.2) is 9.37 Å². The second-order valence-electron chi connectivity index (χ2n) is 9.18. The van der Waals surface area contributed by atoms with Gasteiger partial charge in [0.05, 0.1) is 17.9 Å². The van der Waals surface area contributed by atoms with Crippen LogP contribution in [0.4, 0.5) is 5.69 Å². The summed E-state index contributed by atoms with van der Waals surface area (Å²) in [6.45, 7) is -7.63. The number of carbonyl (C=O) groups excluding carboxylic acids is 1. The van der Waals surface area contributed by atoms with Crippen LogP contribution in [0.25, 0.3) is 5.57 Å². The molecule has 2 heterocycles. The molecule has 182 valence electrons. The summed E-state index contributed by atoms with van der Waals surface area (Å²) in [6, 6.07) is 7.58. The molecule has 4 aliphatic rings. The first-order valence-electron chi connectivity index (χ1n) is 17.1. The van der Waals surface area contributed by atoms with Crippen LogP contribution in [-0.2, 0) is 5.41 Å². The molecule has 2 aliphatic carbocycles. The molecule has 0 aromatic heterocycles. The molecular formula is C30H28N2O4. The van der Waals surface area contributed by atoms with Gasteiger partial charge in [0.2, 0.25) is 0 Å². The molecule has 6 heteroatoms. The van der Waals surface area contributed by atoms with E-state index in [9.17, 15) is 19.8 Å². The van der Waals surface area contributed by atoms with Crippen molar-refractivity contribution >= 4 is 28.9 Å². The molecule has 6 rings (SSSR count). The zero-order chi connectivity index (χ0) is 35.9. The lowest BCUT2D eigenvalue weighted by Crippen LogP contribution is -2.38. The van der Waals surface area contributed by atoms with Gasteiger partial charge in [0.15, 0.2) is 5.71 Å². The number of aromatic carboxylic acids is 2. The van der Waals surface area contributed by atoms with Crippen molar-refractivity contribution in [1.29, 1.82) is 0 Å². The molecule has 0 atom stereocenters. The highest BCUT2D eigenvalue weighted by molar-refractivity contribution is 6.08. The molecule has 2 saturated heterocycles. The van der Waals surface area contributed by atoms with Gasteiger partial charge >= 0.3 is 5.97 Å². The number of carboxylic acids is 2. The van der Waals surface area contributed by atoms with Crippen molar-refractivity contribution in [3.8, 4) is 0 Å². The average molecular weight is 493 g/mol.